The lowest BCUT2D eigenvalue weighted by Crippen LogP contribution is -2.57. The third kappa shape index (κ3) is 6.14. The molecule has 44 heavy (non-hydrogen) atoms. The molecule has 2 aliphatic rings. The van der Waals surface area contributed by atoms with Gasteiger partial charge in [0.25, 0.3) is 17.5 Å². The molecule has 3 amide bonds. The molecule has 0 atom stereocenters. The number of para-hydroxylation sites is 1. The first-order chi connectivity index (χ1) is 21.3. The first-order valence-corrected chi connectivity index (χ1v) is 14.4. The van der Waals surface area contributed by atoms with Gasteiger partial charge in [0.2, 0.25) is 5.91 Å². The highest BCUT2D eigenvalue weighted by molar-refractivity contribution is 5.98. The number of carbonyl (C=O) groups is 3. The Labute approximate surface area is 255 Å². The zero-order chi connectivity index (χ0) is 31.3. The van der Waals surface area contributed by atoms with Gasteiger partial charge in [0.1, 0.15) is 12.1 Å². The summed E-state index contributed by atoms with van der Waals surface area (Å²) < 4.78 is 10.6. The van der Waals surface area contributed by atoms with Gasteiger partial charge in [-0.1, -0.05) is 30.3 Å². The van der Waals surface area contributed by atoms with Crippen LogP contribution in [0.2, 0.25) is 0 Å². The summed E-state index contributed by atoms with van der Waals surface area (Å²) >= 11 is 0. The van der Waals surface area contributed by atoms with Crippen molar-refractivity contribution in [3.05, 3.63) is 94.0 Å². The van der Waals surface area contributed by atoms with E-state index in [0.29, 0.717) is 50.4 Å². The van der Waals surface area contributed by atoms with Gasteiger partial charge in [-0.05, 0) is 55.2 Å². The maximum atomic E-state index is 14.0. The molecule has 2 aliphatic heterocycles. The van der Waals surface area contributed by atoms with Crippen molar-refractivity contribution in [1.29, 1.82) is 0 Å². The lowest BCUT2D eigenvalue weighted by molar-refractivity contribution is -0.384. The van der Waals surface area contributed by atoms with Crippen LogP contribution in [0.15, 0.2) is 72.8 Å². The predicted octanol–water partition coefficient (Wildman–Crippen LogP) is 3.25. The maximum absolute atomic E-state index is 14.0. The number of rotatable bonds is 10. The second kappa shape index (κ2) is 13.0. The van der Waals surface area contributed by atoms with E-state index in [1.54, 1.807) is 30.1 Å². The van der Waals surface area contributed by atoms with Crippen LogP contribution in [-0.2, 0) is 16.0 Å². The van der Waals surface area contributed by atoms with Crippen LogP contribution < -0.4 is 19.7 Å². The summed E-state index contributed by atoms with van der Waals surface area (Å²) in [5, 5.41) is 14.1. The van der Waals surface area contributed by atoms with Crippen molar-refractivity contribution in [2.45, 2.75) is 24.8 Å². The van der Waals surface area contributed by atoms with Crippen molar-refractivity contribution in [2.24, 2.45) is 0 Å². The lowest BCUT2D eigenvalue weighted by atomic mass is 9.85. The molecule has 0 bridgehead atoms. The van der Waals surface area contributed by atoms with Crippen LogP contribution in [0, 0.1) is 10.1 Å². The van der Waals surface area contributed by atoms with Crippen LogP contribution in [0.3, 0.4) is 0 Å². The Morgan fingerprint density at radius 1 is 0.955 bits per heavy atom. The molecule has 3 aromatic carbocycles. The minimum atomic E-state index is -0.916. The topological polar surface area (TPSA) is 135 Å². The quantitative estimate of drug-likeness (QED) is 0.277. The first-order valence-electron chi connectivity index (χ1n) is 14.4. The lowest BCUT2D eigenvalue weighted by Gasteiger charge is -2.43. The van der Waals surface area contributed by atoms with Crippen molar-refractivity contribution < 1.29 is 28.8 Å². The van der Waals surface area contributed by atoms with E-state index >= 15 is 0 Å². The van der Waals surface area contributed by atoms with E-state index in [9.17, 15) is 24.5 Å². The summed E-state index contributed by atoms with van der Waals surface area (Å²) in [6, 6.07) is 20.8. The van der Waals surface area contributed by atoms with E-state index in [1.807, 2.05) is 53.4 Å². The van der Waals surface area contributed by atoms with E-state index < -0.39 is 10.5 Å². The monoisotopic (exact) mass is 601 g/mol. The molecule has 0 radical (unpaired) electrons. The van der Waals surface area contributed by atoms with Gasteiger partial charge in [-0.15, -0.1) is 0 Å². The van der Waals surface area contributed by atoms with Crippen LogP contribution in [0.5, 0.6) is 11.5 Å². The molecule has 1 N–H and O–H groups in total. The number of nitrogens with one attached hydrogen (secondary N) is 1. The molecule has 12 nitrogen and oxygen atoms in total. The number of nitrogens with zero attached hydrogens (tertiary/aromatic N) is 4. The van der Waals surface area contributed by atoms with Crippen molar-refractivity contribution in [3.63, 3.8) is 0 Å². The molecule has 5 rings (SSSR count). The summed E-state index contributed by atoms with van der Waals surface area (Å²) in [6.45, 7) is 1.12. The van der Waals surface area contributed by atoms with E-state index in [2.05, 4.69) is 5.32 Å². The Morgan fingerprint density at radius 3 is 2.36 bits per heavy atom. The zero-order valence-electron chi connectivity index (χ0n) is 24.7. The van der Waals surface area contributed by atoms with Crippen molar-refractivity contribution in [2.75, 3.05) is 52.0 Å². The number of nitro groups is 1. The van der Waals surface area contributed by atoms with Gasteiger partial charge in [-0.25, -0.2) is 0 Å². The number of hydrogen-bond donors (Lipinski definition) is 1. The molecular formula is C32H35N5O7. The number of non-ortho nitro benzene ring substituents is 1. The van der Waals surface area contributed by atoms with Crippen molar-refractivity contribution in [1.82, 2.24) is 15.1 Å². The number of carbonyl (C=O) groups excluding carboxylic acids is 3. The van der Waals surface area contributed by atoms with Crippen LogP contribution >= 0.6 is 0 Å². The van der Waals surface area contributed by atoms with Crippen LogP contribution in [-0.4, -0.2) is 85.1 Å². The molecular weight excluding hydrogens is 566 g/mol. The highest BCUT2D eigenvalue weighted by atomic mass is 16.6. The fourth-order valence-electron chi connectivity index (χ4n) is 5.95. The van der Waals surface area contributed by atoms with Crippen LogP contribution in [0.4, 0.5) is 11.4 Å². The molecule has 2 fully saturated rings. The summed E-state index contributed by atoms with van der Waals surface area (Å²) in [4.78, 5) is 56.1. The number of benzene rings is 3. The molecule has 12 heteroatoms. The molecule has 3 aromatic rings. The van der Waals surface area contributed by atoms with E-state index in [0.717, 1.165) is 11.3 Å². The Kier molecular flexibility index (Phi) is 8.98. The Balaban J connectivity index is 1.25. The number of methoxy groups -OCH3 is 2. The number of anilines is 1. The van der Waals surface area contributed by atoms with Crippen molar-refractivity contribution >= 4 is 29.1 Å². The SMILES string of the molecule is COc1ccc(CCNC(=O)CN2CN(c3ccccc3)C3(CCN(C(=O)c4cccc([N+](=O)[O-])c4)CC3)C2=O)cc1OC. The molecule has 0 unspecified atom stereocenters. The molecule has 1 spiro atoms. The Morgan fingerprint density at radius 2 is 1.68 bits per heavy atom. The normalized spacial score (nSPS) is 15.8. The molecule has 0 saturated carbocycles. The van der Waals surface area contributed by atoms with E-state index in [-0.39, 0.29) is 42.2 Å². The number of amides is 3. The second-order valence-electron chi connectivity index (χ2n) is 10.8. The van der Waals surface area contributed by atoms with E-state index in [1.165, 1.54) is 18.2 Å². The van der Waals surface area contributed by atoms with Gasteiger partial charge in [-0.3, -0.25) is 24.5 Å². The van der Waals surface area contributed by atoms with E-state index in [4.69, 9.17) is 9.47 Å². The highest BCUT2D eigenvalue weighted by Crippen LogP contribution is 2.39. The Bertz CT molecular complexity index is 1540. The van der Waals surface area contributed by atoms with Gasteiger partial charge in [0.05, 0.1) is 25.8 Å². The Hall–Kier alpha value is -5.13. The molecule has 230 valence electrons. The maximum Gasteiger partial charge on any atom is 0.270 e. The third-order valence-corrected chi connectivity index (χ3v) is 8.28. The third-order valence-electron chi connectivity index (χ3n) is 8.28. The standard InChI is InChI=1S/C32H35N5O7/c1-43-27-12-11-23(19-28(27)44-2)13-16-33-29(38)21-35-22-36(25-8-4-3-5-9-25)32(31(35)40)14-17-34(18-15-32)30(39)24-7-6-10-26(20-24)37(41)42/h3-12,19-20H,13-18,21-22H2,1-2H3,(H,33,38). The van der Waals surface area contributed by atoms with Gasteiger partial charge in [-0.2, -0.15) is 0 Å². The molecule has 2 heterocycles. The molecule has 0 aromatic heterocycles. The van der Waals surface area contributed by atoms with Gasteiger partial charge < -0.3 is 29.5 Å². The predicted molar refractivity (Wildman–Crippen MR) is 163 cm³/mol. The fraction of sp³-hybridized carbons (Fsp3) is 0.344. The second-order valence-corrected chi connectivity index (χ2v) is 10.8. The number of piperidine rings is 1. The van der Waals surface area contributed by atoms with Crippen molar-refractivity contribution in [3.8, 4) is 11.5 Å². The summed E-state index contributed by atoms with van der Waals surface area (Å²) in [5.41, 5.74) is 1.000. The summed E-state index contributed by atoms with van der Waals surface area (Å²) in [6.07, 6.45) is 1.30. The van der Waals surface area contributed by atoms with Crippen LogP contribution in [0.1, 0.15) is 28.8 Å². The van der Waals surface area contributed by atoms with Crippen LogP contribution in [0.25, 0.3) is 0 Å². The molecule has 2 saturated heterocycles. The van der Waals surface area contributed by atoms with Gasteiger partial charge in [0.15, 0.2) is 11.5 Å². The number of ether oxygens (including phenoxy) is 2. The summed E-state index contributed by atoms with van der Waals surface area (Å²) in [7, 11) is 3.14. The fourth-order valence-corrected chi connectivity index (χ4v) is 5.95. The average Bonchev–Trinajstić information content (AvgIpc) is 3.31. The first kappa shape index (κ1) is 30.3. The summed E-state index contributed by atoms with van der Waals surface area (Å²) in [5.74, 6) is 0.513. The smallest absolute Gasteiger partial charge is 0.270 e. The number of likely N-dealkylation sites (tertiary alicyclic amines) is 1. The van der Waals surface area contributed by atoms with Gasteiger partial charge >= 0.3 is 0 Å². The highest BCUT2D eigenvalue weighted by Gasteiger charge is 2.54. The minimum absolute atomic E-state index is 0.0911. The minimum Gasteiger partial charge on any atom is -0.493 e. The van der Waals surface area contributed by atoms with Gasteiger partial charge in [0, 0.05) is 43.0 Å². The number of hydrogen-bond acceptors (Lipinski definition) is 8. The average molecular weight is 602 g/mol. The number of nitro benzene ring substituents is 1. The molecule has 0 aliphatic carbocycles. The largest absolute Gasteiger partial charge is 0.493 e. The zero-order valence-corrected chi connectivity index (χ0v) is 24.7.